The lowest BCUT2D eigenvalue weighted by Crippen LogP contribution is -2.60. The second kappa shape index (κ2) is 5.06. The molecule has 0 amide bonds. The summed E-state index contributed by atoms with van der Waals surface area (Å²) in [5.41, 5.74) is 5.60. The highest BCUT2D eigenvalue weighted by molar-refractivity contribution is 5.92. The molecule has 1 aliphatic rings. The molecule has 1 fully saturated rings. The second-order valence-corrected chi connectivity index (χ2v) is 5.29. The number of hydrogen-bond acceptors (Lipinski definition) is 11. The van der Waals surface area contributed by atoms with Crippen molar-refractivity contribution in [2.45, 2.75) is 30.2 Å². The number of nitrogens with zero attached hydrogens (tertiary/aromatic N) is 4. The van der Waals surface area contributed by atoms with Gasteiger partial charge in [-0.05, 0) is 0 Å². The van der Waals surface area contributed by atoms with Gasteiger partial charge in [0.05, 0.1) is 10.9 Å². The number of hydrogen-bond donors (Lipinski definition) is 7. The minimum absolute atomic E-state index is 0.0306. The first-order valence-corrected chi connectivity index (χ1v) is 6.55. The summed E-state index contributed by atoms with van der Waals surface area (Å²) in [5, 5.41) is 67.5. The number of anilines is 1. The zero-order valence-electron chi connectivity index (χ0n) is 11.8. The number of fused-ring (bicyclic) bond motifs is 1. The number of ether oxygens (including phenoxy) is 1. The van der Waals surface area contributed by atoms with E-state index in [0.29, 0.717) is 0 Å². The van der Waals surface area contributed by atoms with Gasteiger partial charge in [0.1, 0.15) is 23.9 Å². The van der Waals surface area contributed by atoms with E-state index in [-0.39, 0.29) is 22.4 Å². The number of aliphatic hydroxyl groups is 6. The largest absolute Gasteiger partial charge is 0.383 e. The van der Waals surface area contributed by atoms with E-state index >= 15 is 0 Å². The Balaban J connectivity index is 2.22. The predicted molar refractivity (Wildman–Crippen MR) is 73.1 cm³/mol. The quantitative estimate of drug-likeness (QED) is 0.266. The fourth-order valence-electron chi connectivity index (χ4n) is 2.63. The first-order valence-electron chi connectivity index (χ1n) is 6.55. The molecule has 0 saturated carbocycles. The van der Waals surface area contributed by atoms with Crippen molar-refractivity contribution in [3.05, 3.63) is 18.1 Å². The Kier molecular flexibility index (Phi) is 3.48. The van der Waals surface area contributed by atoms with E-state index < -0.39 is 30.2 Å². The van der Waals surface area contributed by atoms with E-state index in [2.05, 4.69) is 9.97 Å². The van der Waals surface area contributed by atoms with Crippen molar-refractivity contribution in [3.8, 4) is 6.07 Å². The Hall–Kier alpha value is -2.37. The van der Waals surface area contributed by atoms with Crippen molar-refractivity contribution in [2.75, 3.05) is 5.73 Å². The summed E-state index contributed by atoms with van der Waals surface area (Å²) in [6.07, 6.45) is -4.40. The van der Waals surface area contributed by atoms with Crippen molar-refractivity contribution < 1.29 is 35.4 Å². The summed E-state index contributed by atoms with van der Waals surface area (Å²) in [5.74, 6) is -6.85. The Morgan fingerprint density at radius 1 is 1.25 bits per heavy atom. The summed E-state index contributed by atoms with van der Waals surface area (Å²) >= 11 is 0. The van der Waals surface area contributed by atoms with Gasteiger partial charge in [-0.2, -0.15) is 5.26 Å². The maximum absolute atomic E-state index is 10.1. The Morgan fingerprint density at radius 3 is 2.46 bits per heavy atom. The average molecular weight is 339 g/mol. The van der Waals surface area contributed by atoms with Crippen LogP contribution in [0, 0.1) is 11.3 Å². The van der Waals surface area contributed by atoms with Crippen molar-refractivity contribution in [2.24, 2.45) is 0 Å². The van der Waals surface area contributed by atoms with Crippen molar-refractivity contribution in [1.82, 2.24) is 14.5 Å². The summed E-state index contributed by atoms with van der Waals surface area (Å²) < 4.78 is 5.91. The number of rotatable bonds is 2. The normalized spacial score (nSPS) is 25.2. The van der Waals surface area contributed by atoms with Crippen LogP contribution >= 0.6 is 0 Å². The van der Waals surface area contributed by atoms with Gasteiger partial charge < -0.3 is 41.1 Å². The molecular formula is C12H13N5O7. The van der Waals surface area contributed by atoms with Gasteiger partial charge in [-0.15, -0.1) is 0 Å². The molecular weight excluding hydrogens is 326 g/mol. The fourth-order valence-corrected chi connectivity index (χ4v) is 2.63. The van der Waals surface area contributed by atoms with Crippen LogP contribution in [0.25, 0.3) is 11.0 Å². The topological polar surface area (TPSA) is 211 Å². The lowest BCUT2D eigenvalue weighted by Gasteiger charge is -2.32. The monoisotopic (exact) mass is 339 g/mol. The smallest absolute Gasteiger partial charge is 0.268 e. The van der Waals surface area contributed by atoms with Gasteiger partial charge in [-0.25, -0.2) is 9.97 Å². The molecule has 12 nitrogen and oxygen atoms in total. The fraction of sp³-hybridized carbons (Fsp3) is 0.417. The maximum atomic E-state index is 10.1. The minimum atomic E-state index is -3.42. The number of nitriles is 1. The molecule has 3 heterocycles. The van der Waals surface area contributed by atoms with E-state index in [1.165, 1.54) is 0 Å². The third-order valence-corrected chi connectivity index (χ3v) is 3.84. The van der Waals surface area contributed by atoms with E-state index in [1.54, 1.807) is 0 Å². The first-order chi connectivity index (χ1) is 11.1. The van der Waals surface area contributed by atoms with Crippen molar-refractivity contribution in [1.29, 1.82) is 5.26 Å². The molecule has 0 radical (unpaired) electrons. The first kappa shape index (κ1) is 16.5. The Bertz CT molecular complexity index is 840. The second-order valence-electron chi connectivity index (χ2n) is 5.29. The molecule has 0 bridgehead atoms. The zero-order valence-corrected chi connectivity index (χ0v) is 11.8. The minimum Gasteiger partial charge on any atom is -0.383 e. The molecule has 1 aliphatic heterocycles. The molecule has 1 saturated heterocycles. The molecule has 8 N–H and O–H groups in total. The van der Waals surface area contributed by atoms with Gasteiger partial charge in [0.25, 0.3) is 11.6 Å². The molecule has 3 rings (SSSR count). The highest BCUT2D eigenvalue weighted by Crippen LogP contribution is 2.45. The lowest BCUT2D eigenvalue weighted by molar-refractivity contribution is -0.363. The zero-order chi connectivity index (χ0) is 17.9. The summed E-state index contributed by atoms with van der Waals surface area (Å²) in [6, 6.07) is 1.81. The Morgan fingerprint density at radius 2 is 1.92 bits per heavy atom. The molecule has 2 aromatic rings. The summed E-state index contributed by atoms with van der Waals surface area (Å²) in [7, 11) is 0. The van der Waals surface area contributed by atoms with Crippen LogP contribution in [0.3, 0.4) is 0 Å². The molecule has 0 unspecified atom stereocenters. The van der Waals surface area contributed by atoms with E-state index in [1.807, 2.05) is 6.07 Å². The average Bonchev–Trinajstić information content (AvgIpc) is 2.94. The van der Waals surface area contributed by atoms with E-state index in [0.717, 1.165) is 17.1 Å². The van der Waals surface area contributed by atoms with Gasteiger partial charge in [-0.1, -0.05) is 0 Å². The van der Waals surface area contributed by atoms with Crippen molar-refractivity contribution in [3.63, 3.8) is 0 Å². The standard InChI is InChI=1S/C12H13N5O7/c13-1-4-2-17(8-5(4)7(14)15-3-16-8)10-12(22,23)11(20,21)6(24-10)9(18)19/h2-3,6,9-10,18-23H,(H2,14,15,16)/t6-,10-/m0/s1. The van der Waals surface area contributed by atoms with E-state index in [4.69, 9.17) is 10.5 Å². The lowest BCUT2D eigenvalue weighted by atomic mass is 10.0. The number of nitrogens with two attached hydrogens (primary N) is 1. The molecule has 2 aromatic heterocycles. The summed E-state index contributed by atoms with van der Waals surface area (Å²) in [6.45, 7) is 0. The van der Waals surface area contributed by atoms with E-state index in [9.17, 15) is 35.9 Å². The summed E-state index contributed by atoms with van der Waals surface area (Å²) in [4.78, 5) is 7.59. The van der Waals surface area contributed by atoms with Gasteiger partial charge in [0.15, 0.2) is 18.6 Å². The Labute approximate surface area is 133 Å². The number of nitrogen functional groups attached to an aromatic ring is 1. The van der Waals surface area contributed by atoms with Crippen LogP contribution in [0.2, 0.25) is 0 Å². The van der Waals surface area contributed by atoms with Crippen LogP contribution in [-0.2, 0) is 4.74 Å². The van der Waals surface area contributed by atoms with Gasteiger partial charge in [0, 0.05) is 6.20 Å². The molecule has 0 spiro atoms. The van der Waals surface area contributed by atoms with Crippen LogP contribution in [0.5, 0.6) is 0 Å². The number of aromatic nitrogens is 3. The van der Waals surface area contributed by atoms with Crippen LogP contribution in [-0.4, -0.2) is 69.1 Å². The van der Waals surface area contributed by atoms with Crippen molar-refractivity contribution >= 4 is 16.9 Å². The number of aliphatic hydroxyl groups excluding tert-OH is 1. The highest BCUT2D eigenvalue weighted by Gasteiger charge is 2.68. The van der Waals surface area contributed by atoms with Crippen LogP contribution < -0.4 is 5.73 Å². The molecule has 24 heavy (non-hydrogen) atoms. The third-order valence-electron chi connectivity index (χ3n) is 3.84. The van der Waals surface area contributed by atoms with Gasteiger partial charge in [0.2, 0.25) is 0 Å². The molecule has 2 atom stereocenters. The third kappa shape index (κ3) is 1.98. The molecule has 0 aromatic carbocycles. The maximum Gasteiger partial charge on any atom is 0.268 e. The SMILES string of the molecule is N#Cc1cn([C@H]2O[C@@H](C(O)O)C(O)(O)C2(O)O)c2ncnc(N)c12. The molecule has 0 aliphatic carbocycles. The van der Waals surface area contributed by atoms with Crippen LogP contribution in [0.15, 0.2) is 12.5 Å². The van der Waals surface area contributed by atoms with Gasteiger partial charge >= 0.3 is 0 Å². The predicted octanol–water partition coefficient (Wildman–Crippen LogP) is -3.54. The molecule has 12 heteroatoms. The van der Waals surface area contributed by atoms with Gasteiger partial charge in [-0.3, -0.25) is 4.57 Å². The van der Waals surface area contributed by atoms with Crippen LogP contribution in [0.1, 0.15) is 11.8 Å². The van der Waals surface area contributed by atoms with Crippen LogP contribution in [0.4, 0.5) is 5.82 Å². The highest BCUT2D eigenvalue weighted by atomic mass is 16.7. The molecule has 128 valence electrons.